The molecular formula is C6H13F2NO2S. The predicted octanol–water partition coefficient (Wildman–Crippen LogP) is 0.404. The summed E-state index contributed by atoms with van der Waals surface area (Å²) >= 11 is 0. The second kappa shape index (κ2) is 4.71. The Morgan fingerprint density at radius 2 is 1.92 bits per heavy atom. The van der Waals surface area contributed by atoms with Gasteiger partial charge in [0, 0.05) is 6.04 Å². The molecule has 74 valence electrons. The molecule has 0 aromatic rings. The highest BCUT2D eigenvalue weighted by Crippen LogP contribution is 2.02. The summed E-state index contributed by atoms with van der Waals surface area (Å²) in [5, 5.41) is 0. The van der Waals surface area contributed by atoms with Crippen molar-refractivity contribution in [1.82, 2.24) is 0 Å². The summed E-state index contributed by atoms with van der Waals surface area (Å²) in [6.07, 6.45) is -2.56. The lowest BCUT2D eigenvalue weighted by molar-refractivity contribution is 0.174. The average Bonchev–Trinajstić information content (AvgIpc) is 1.81. The fourth-order valence-electron chi connectivity index (χ4n) is 0.641. The van der Waals surface area contributed by atoms with Gasteiger partial charge in [-0.1, -0.05) is 0 Å². The number of sulfone groups is 1. The minimum Gasteiger partial charge on any atom is -0.328 e. The van der Waals surface area contributed by atoms with Gasteiger partial charge in [-0.25, -0.2) is 17.2 Å². The molecule has 0 aliphatic carbocycles. The Bertz CT molecular complexity index is 214. The van der Waals surface area contributed by atoms with E-state index in [1.807, 2.05) is 0 Å². The number of rotatable bonds is 5. The number of hydrogen-bond acceptors (Lipinski definition) is 3. The van der Waals surface area contributed by atoms with Crippen LogP contribution in [0.15, 0.2) is 0 Å². The first-order chi connectivity index (χ1) is 5.33. The second-order valence-electron chi connectivity index (χ2n) is 2.77. The number of hydrogen-bond donors (Lipinski definition) is 1. The van der Waals surface area contributed by atoms with Crippen LogP contribution in [0.4, 0.5) is 8.78 Å². The molecule has 0 saturated heterocycles. The first-order valence-corrected chi connectivity index (χ1v) is 5.40. The molecule has 0 bridgehead atoms. The first kappa shape index (κ1) is 11.8. The minimum absolute atomic E-state index is 0.231. The molecule has 1 unspecified atom stereocenters. The highest BCUT2D eigenvalue weighted by atomic mass is 32.2. The smallest absolute Gasteiger partial charge is 0.252 e. The summed E-state index contributed by atoms with van der Waals surface area (Å²) in [6.45, 7) is 1.64. The number of alkyl halides is 2. The number of halogens is 2. The van der Waals surface area contributed by atoms with Crippen LogP contribution in [0.25, 0.3) is 0 Å². The normalized spacial score (nSPS) is 15.1. The number of nitrogens with two attached hydrogens (primary N) is 1. The van der Waals surface area contributed by atoms with Crippen LogP contribution in [0.1, 0.15) is 13.3 Å². The van der Waals surface area contributed by atoms with E-state index in [1.165, 1.54) is 0 Å². The predicted molar refractivity (Wildman–Crippen MR) is 42.9 cm³/mol. The van der Waals surface area contributed by atoms with Crippen molar-refractivity contribution in [3.63, 3.8) is 0 Å². The molecule has 0 heterocycles. The molecule has 0 radical (unpaired) electrons. The van der Waals surface area contributed by atoms with Crippen LogP contribution in [0.5, 0.6) is 0 Å². The van der Waals surface area contributed by atoms with Crippen molar-refractivity contribution in [2.24, 2.45) is 5.73 Å². The van der Waals surface area contributed by atoms with Crippen LogP contribution in [0, 0.1) is 0 Å². The Morgan fingerprint density at radius 3 is 2.25 bits per heavy atom. The van der Waals surface area contributed by atoms with Crippen LogP contribution in [0.2, 0.25) is 0 Å². The summed E-state index contributed by atoms with van der Waals surface area (Å²) in [7, 11) is -3.61. The van der Waals surface area contributed by atoms with Crippen LogP contribution in [0.3, 0.4) is 0 Å². The summed E-state index contributed by atoms with van der Waals surface area (Å²) < 4.78 is 44.9. The largest absolute Gasteiger partial charge is 0.328 e. The summed E-state index contributed by atoms with van der Waals surface area (Å²) in [6, 6.07) is -0.266. The maximum absolute atomic E-state index is 11.6. The van der Waals surface area contributed by atoms with Gasteiger partial charge in [0.15, 0.2) is 9.84 Å². The third kappa shape index (κ3) is 6.48. The molecule has 0 aromatic carbocycles. The molecule has 3 nitrogen and oxygen atoms in total. The maximum Gasteiger partial charge on any atom is 0.252 e. The van der Waals surface area contributed by atoms with Crippen molar-refractivity contribution in [1.29, 1.82) is 0 Å². The molecule has 12 heavy (non-hydrogen) atoms. The minimum atomic E-state index is -3.61. The molecule has 0 saturated carbocycles. The van der Waals surface area contributed by atoms with Gasteiger partial charge < -0.3 is 5.73 Å². The van der Waals surface area contributed by atoms with Crippen molar-refractivity contribution in [3.8, 4) is 0 Å². The van der Waals surface area contributed by atoms with Crippen molar-refractivity contribution < 1.29 is 17.2 Å². The lowest BCUT2D eigenvalue weighted by Gasteiger charge is -2.05. The molecular weight excluding hydrogens is 188 g/mol. The zero-order valence-electron chi connectivity index (χ0n) is 6.83. The first-order valence-electron chi connectivity index (χ1n) is 3.57. The van der Waals surface area contributed by atoms with Crippen molar-refractivity contribution in [2.75, 3.05) is 11.5 Å². The van der Waals surface area contributed by atoms with Gasteiger partial charge in [-0.15, -0.1) is 0 Å². The van der Waals surface area contributed by atoms with Gasteiger partial charge in [-0.2, -0.15) is 0 Å². The molecule has 0 rings (SSSR count). The van der Waals surface area contributed by atoms with E-state index >= 15 is 0 Å². The van der Waals surface area contributed by atoms with Crippen LogP contribution in [-0.2, 0) is 9.84 Å². The fourth-order valence-corrected chi connectivity index (χ4v) is 1.92. The average molecular weight is 201 g/mol. The molecule has 6 heteroatoms. The molecule has 0 spiro atoms. The fraction of sp³-hybridized carbons (Fsp3) is 1.00. The van der Waals surface area contributed by atoms with E-state index in [9.17, 15) is 17.2 Å². The van der Waals surface area contributed by atoms with E-state index in [1.54, 1.807) is 6.92 Å². The molecule has 1 atom stereocenters. The van der Waals surface area contributed by atoms with Gasteiger partial charge in [0.2, 0.25) is 0 Å². The van der Waals surface area contributed by atoms with E-state index in [2.05, 4.69) is 0 Å². The lowest BCUT2D eigenvalue weighted by atomic mass is 10.3. The van der Waals surface area contributed by atoms with Crippen molar-refractivity contribution >= 4 is 9.84 Å². The molecule has 0 amide bonds. The Labute approximate surface area is 70.9 Å². The van der Waals surface area contributed by atoms with E-state index in [0.717, 1.165) is 0 Å². The SMILES string of the molecule is CC(N)CCS(=O)(=O)CC(F)F. The molecule has 0 fully saturated rings. The zero-order valence-corrected chi connectivity index (χ0v) is 7.65. The molecule has 2 N–H and O–H groups in total. The van der Waals surface area contributed by atoms with Crippen molar-refractivity contribution in [3.05, 3.63) is 0 Å². The lowest BCUT2D eigenvalue weighted by Crippen LogP contribution is -2.23. The van der Waals surface area contributed by atoms with E-state index < -0.39 is 22.0 Å². The summed E-state index contributed by atoms with van der Waals surface area (Å²) in [5.41, 5.74) is 5.28. The van der Waals surface area contributed by atoms with Gasteiger partial charge in [-0.05, 0) is 13.3 Å². The standard InChI is InChI=1S/C6H13F2NO2S/c1-5(9)2-3-12(10,11)4-6(7)8/h5-6H,2-4,9H2,1H3. The quantitative estimate of drug-likeness (QED) is 0.700. The van der Waals surface area contributed by atoms with Crippen LogP contribution in [-0.4, -0.2) is 32.4 Å². The monoisotopic (exact) mass is 201 g/mol. The molecule has 0 aliphatic heterocycles. The third-order valence-electron chi connectivity index (χ3n) is 1.26. The Kier molecular flexibility index (Phi) is 4.62. The second-order valence-corrected chi connectivity index (χ2v) is 5.00. The summed E-state index contributed by atoms with van der Waals surface area (Å²) in [4.78, 5) is 0. The topological polar surface area (TPSA) is 60.2 Å². The van der Waals surface area contributed by atoms with Crippen LogP contribution >= 0.6 is 0 Å². The Morgan fingerprint density at radius 1 is 1.42 bits per heavy atom. The van der Waals surface area contributed by atoms with E-state index in [0.29, 0.717) is 0 Å². The van der Waals surface area contributed by atoms with E-state index in [4.69, 9.17) is 5.73 Å². The molecule has 0 aromatic heterocycles. The highest BCUT2D eigenvalue weighted by Gasteiger charge is 2.17. The Hall–Kier alpha value is -0.230. The van der Waals surface area contributed by atoms with Gasteiger partial charge >= 0.3 is 0 Å². The highest BCUT2D eigenvalue weighted by molar-refractivity contribution is 7.91. The van der Waals surface area contributed by atoms with Gasteiger partial charge in [0.25, 0.3) is 6.43 Å². The van der Waals surface area contributed by atoms with Gasteiger partial charge in [0.05, 0.1) is 5.75 Å². The van der Waals surface area contributed by atoms with Crippen LogP contribution < -0.4 is 5.73 Å². The zero-order chi connectivity index (χ0) is 9.78. The van der Waals surface area contributed by atoms with E-state index in [-0.39, 0.29) is 18.2 Å². The van der Waals surface area contributed by atoms with Crippen molar-refractivity contribution in [2.45, 2.75) is 25.8 Å². The third-order valence-corrected chi connectivity index (χ3v) is 2.88. The Balaban J connectivity index is 3.89. The summed E-state index contributed by atoms with van der Waals surface area (Å²) in [5.74, 6) is -1.31. The van der Waals surface area contributed by atoms with Gasteiger partial charge in [-0.3, -0.25) is 0 Å². The van der Waals surface area contributed by atoms with Gasteiger partial charge in [0.1, 0.15) is 5.75 Å². The maximum atomic E-state index is 11.6. The molecule has 0 aliphatic rings.